The SMILES string of the molecule is CCc1ccc(N2C(=O)CS[C@@H]2c2ccc(NC(=O)c3cccc(OC)c3)cc2)cc1. The summed E-state index contributed by atoms with van der Waals surface area (Å²) in [7, 11) is 1.57. The van der Waals surface area contributed by atoms with Gasteiger partial charge in [0.15, 0.2) is 0 Å². The van der Waals surface area contributed by atoms with Crippen LogP contribution in [0.25, 0.3) is 0 Å². The van der Waals surface area contributed by atoms with Crippen molar-refractivity contribution in [2.45, 2.75) is 18.7 Å². The molecule has 3 aromatic carbocycles. The van der Waals surface area contributed by atoms with Crippen LogP contribution in [0, 0.1) is 0 Å². The van der Waals surface area contributed by atoms with Crippen molar-refractivity contribution in [3.05, 3.63) is 89.5 Å². The van der Waals surface area contributed by atoms with E-state index in [0.717, 1.165) is 17.7 Å². The molecule has 2 amide bonds. The van der Waals surface area contributed by atoms with Crippen LogP contribution in [-0.2, 0) is 11.2 Å². The van der Waals surface area contributed by atoms with Gasteiger partial charge in [-0.05, 0) is 60.0 Å². The summed E-state index contributed by atoms with van der Waals surface area (Å²) in [6, 6.07) is 22.9. The number of nitrogens with zero attached hydrogens (tertiary/aromatic N) is 1. The van der Waals surface area contributed by atoms with Crippen LogP contribution in [-0.4, -0.2) is 24.7 Å². The van der Waals surface area contributed by atoms with Crippen molar-refractivity contribution in [2.24, 2.45) is 0 Å². The van der Waals surface area contributed by atoms with Crippen LogP contribution in [0.4, 0.5) is 11.4 Å². The van der Waals surface area contributed by atoms with Gasteiger partial charge in [0.25, 0.3) is 5.91 Å². The van der Waals surface area contributed by atoms with E-state index in [1.54, 1.807) is 43.1 Å². The van der Waals surface area contributed by atoms with E-state index in [1.807, 2.05) is 41.3 Å². The smallest absolute Gasteiger partial charge is 0.255 e. The monoisotopic (exact) mass is 432 g/mol. The van der Waals surface area contributed by atoms with E-state index >= 15 is 0 Å². The van der Waals surface area contributed by atoms with Gasteiger partial charge in [-0.3, -0.25) is 14.5 Å². The zero-order valence-electron chi connectivity index (χ0n) is 17.5. The van der Waals surface area contributed by atoms with Crippen molar-refractivity contribution in [2.75, 3.05) is 23.1 Å². The van der Waals surface area contributed by atoms with Gasteiger partial charge < -0.3 is 10.1 Å². The van der Waals surface area contributed by atoms with Crippen LogP contribution < -0.4 is 15.0 Å². The summed E-state index contributed by atoms with van der Waals surface area (Å²) in [4.78, 5) is 27.0. The number of hydrogen-bond acceptors (Lipinski definition) is 4. The molecule has 1 N–H and O–H groups in total. The fourth-order valence-electron chi connectivity index (χ4n) is 3.54. The van der Waals surface area contributed by atoms with Crippen LogP contribution >= 0.6 is 11.8 Å². The van der Waals surface area contributed by atoms with Crippen molar-refractivity contribution < 1.29 is 14.3 Å². The van der Waals surface area contributed by atoms with Gasteiger partial charge in [-0.2, -0.15) is 0 Å². The van der Waals surface area contributed by atoms with Crippen molar-refractivity contribution in [3.63, 3.8) is 0 Å². The van der Waals surface area contributed by atoms with E-state index in [-0.39, 0.29) is 17.2 Å². The van der Waals surface area contributed by atoms with Crippen molar-refractivity contribution in [1.29, 1.82) is 0 Å². The minimum absolute atomic E-state index is 0.0805. The van der Waals surface area contributed by atoms with Gasteiger partial charge in [0.1, 0.15) is 11.1 Å². The highest BCUT2D eigenvalue weighted by molar-refractivity contribution is 8.00. The summed E-state index contributed by atoms with van der Waals surface area (Å²) >= 11 is 1.61. The minimum atomic E-state index is -0.199. The predicted molar refractivity (Wildman–Crippen MR) is 126 cm³/mol. The Morgan fingerprint density at radius 2 is 1.84 bits per heavy atom. The van der Waals surface area contributed by atoms with Gasteiger partial charge in [-0.25, -0.2) is 0 Å². The van der Waals surface area contributed by atoms with Gasteiger partial charge in [0.05, 0.1) is 12.9 Å². The molecule has 4 rings (SSSR count). The summed E-state index contributed by atoms with van der Waals surface area (Å²) in [6.07, 6.45) is 0.968. The number of methoxy groups -OCH3 is 1. The number of benzene rings is 3. The number of nitrogens with one attached hydrogen (secondary N) is 1. The standard InChI is InChI=1S/C25H24N2O3S/c1-3-17-7-13-21(14-8-17)27-23(28)16-31-25(27)18-9-11-20(12-10-18)26-24(29)19-5-4-6-22(15-19)30-2/h4-15,25H,3,16H2,1-2H3,(H,26,29)/t25-/m1/s1. The first-order valence-electron chi connectivity index (χ1n) is 10.2. The lowest BCUT2D eigenvalue weighted by Gasteiger charge is -2.24. The molecule has 0 bridgehead atoms. The molecule has 3 aromatic rings. The first-order chi connectivity index (χ1) is 15.1. The van der Waals surface area contributed by atoms with Crippen LogP contribution in [0.15, 0.2) is 72.8 Å². The molecule has 31 heavy (non-hydrogen) atoms. The lowest BCUT2D eigenvalue weighted by atomic mass is 10.1. The summed E-state index contributed by atoms with van der Waals surface area (Å²) in [5, 5.41) is 2.83. The molecule has 1 aliphatic rings. The quantitative estimate of drug-likeness (QED) is 0.575. The average molecular weight is 433 g/mol. The van der Waals surface area contributed by atoms with E-state index in [1.165, 1.54) is 5.56 Å². The fraction of sp³-hybridized carbons (Fsp3) is 0.200. The number of thioether (sulfide) groups is 1. The zero-order valence-corrected chi connectivity index (χ0v) is 18.3. The third kappa shape index (κ3) is 4.59. The third-order valence-electron chi connectivity index (χ3n) is 5.28. The van der Waals surface area contributed by atoms with Crippen LogP contribution in [0.5, 0.6) is 5.75 Å². The Kier molecular flexibility index (Phi) is 6.28. The first kappa shape index (κ1) is 21.0. The number of amides is 2. The maximum absolute atomic E-state index is 12.6. The normalized spacial score (nSPS) is 15.7. The highest BCUT2D eigenvalue weighted by Gasteiger charge is 2.33. The number of ether oxygens (including phenoxy) is 1. The van der Waals surface area contributed by atoms with Crippen LogP contribution in [0.3, 0.4) is 0 Å². The molecule has 1 fully saturated rings. The summed E-state index contributed by atoms with van der Waals surface area (Å²) in [5.74, 6) is 0.997. The molecule has 1 aliphatic heterocycles. The largest absolute Gasteiger partial charge is 0.497 e. The maximum Gasteiger partial charge on any atom is 0.255 e. The average Bonchev–Trinajstić information content (AvgIpc) is 3.21. The first-order valence-corrected chi connectivity index (χ1v) is 11.2. The van der Waals surface area contributed by atoms with E-state index in [4.69, 9.17) is 4.74 Å². The second kappa shape index (κ2) is 9.27. The van der Waals surface area contributed by atoms with Gasteiger partial charge in [-0.1, -0.05) is 37.3 Å². The number of aryl methyl sites for hydroxylation is 1. The highest BCUT2D eigenvalue weighted by Crippen LogP contribution is 2.42. The Balaban J connectivity index is 1.50. The summed E-state index contributed by atoms with van der Waals surface area (Å²) in [6.45, 7) is 2.11. The van der Waals surface area contributed by atoms with Crippen LogP contribution in [0.1, 0.15) is 33.8 Å². The molecule has 0 aliphatic carbocycles. The molecular weight excluding hydrogens is 408 g/mol. The fourth-order valence-corrected chi connectivity index (χ4v) is 4.72. The molecule has 6 heteroatoms. The van der Waals surface area contributed by atoms with Gasteiger partial charge in [-0.15, -0.1) is 11.8 Å². The van der Waals surface area contributed by atoms with E-state index < -0.39 is 0 Å². The molecule has 0 radical (unpaired) electrons. The topological polar surface area (TPSA) is 58.6 Å². The van der Waals surface area contributed by atoms with Gasteiger partial charge >= 0.3 is 0 Å². The zero-order chi connectivity index (χ0) is 21.8. The number of hydrogen-bond donors (Lipinski definition) is 1. The molecule has 0 spiro atoms. The minimum Gasteiger partial charge on any atom is -0.497 e. The number of rotatable bonds is 6. The number of anilines is 2. The van der Waals surface area contributed by atoms with Gasteiger partial charge in [0.2, 0.25) is 5.91 Å². The van der Waals surface area contributed by atoms with E-state index in [9.17, 15) is 9.59 Å². The molecule has 0 saturated carbocycles. The van der Waals surface area contributed by atoms with E-state index in [2.05, 4.69) is 24.4 Å². The Morgan fingerprint density at radius 3 is 2.52 bits per heavy atom. The molecule has 1 atom stereocenters. The molecule has 0 aromatic heterocycles. The lowest BCUT2D eigenvalue weighted by molar-refractivity contribution is -0.115. The Hall–Kier alpha value is -3.25. The molecule has 0 unspecified atom stereocenters. The van der Waals surface area contributed by atoms with Crippen molar-refractivity contribution >= 4 is 35.0 Å². The Bertz CT molecular complexity index is 1080. The second-order valence-corrected chi connectivity index (χ2v) is 8.32. The molecule has 158 valence electrons. The second-order valence-electron chi connectivity index (χ2n) is 7.26. The molecule has 1 saturated heterocycles. The Labute approximate surface area is 186 Å². The van der Waals surface area contributed by atoms with Gasteiger partial charge in [0, 0.05) is 16.9 Å². The lowest BCUT2D eigenvalue weighted by Crippen LogP contribution is -2.27. The maximum atomic E-state index is 12.6. The molecule has 5 nitrogen and oxygen atoms in total. The Morgan fingerprint density at radius 1 is 1.10 bits per heavy atom. The summed E-state index contributed by atoms with van der Waals surface area (Å²) < 4.78 is 5.18. The summed E-state index contributed by atoms with van der Waals surface area (Å²) in [5.41, 5.74) is 4.41. The third-order valence-corrected chi connectivity index (χ3v) is 6.49. The van der Waals surface area contributed by atoms with E-state index in [0.29, 0.717) is 22.8 Å². The van der Waals surface area contributed by atoms with Crippen molar-refractivity contribution in [1.82, 2.24) is 0 Å². The van der Waals surface area contributed by atoms with Crippen molar-refractivity contribution in [3.8, 4) is 5.75 Å². The molecular formula is C25H24N2O3S. The number of carbonyl (C=O) groups excluding carboxylic acids is 2. The highest BCUT2D eigenvalue weighted by atomic mass is 32.2. The number of carbonyl (C=O) groups is 2. The predicted octanol–water partition coefficient (Wildman–Crippen LogP) is 5.29. The molecule has 1 heterocycles. The van der Waals surface area contributed by atoms with Crippen LogP contribution in [0.2, 0.25) is 0 Å².